The van der Waals surface area contributed by atoms with Crippen molar-refractivity contribution in [2.75, 3.05) is 0 Å². The van der Waals surface area contributed by atoms with E-state index in [1.165, 1.54) is 49.9 Å². The first-order valence-corrected chi connectivity index (χ1v) is 20.1. The molecule has 0 amide bonds. The summed E-state index contributed by atoms with van der Waals surface area (Å²) in [7, 11) is 0. The fraction of sp³-hybridized carbons (Fsp3) is 0.0755. The van der Waals surface area contributed by atoms with Crippen LogP contribution in [-0.2, 0) is 0 Å². The van der Waals surface area contributed by atoms with E-state index in [1.807, 2.05) is 24.5 Å². The lowest BCUT2D eigenvalue weighted by molar-refractivity contribution is 0.484. The van der Waals surface area contributed by atoms with Gasteiger partial charge >= 0.3 is 0 Å². The smallest absolute Gasteiger partial charge is 0.146 e. The fourth-order valence-corrected chi connectivity index (χ4v) is 9.79. The molecule has 0 atom stereocenters. The average molecular weight is 760 g/mol. The highest BCUT2D eigenvalue weighted by molar-refractivity contribution is 6.22. The van der Waals surface area contributed by atoms with Crippen LogP contribution >= 0.6 is 0 Å². The van der Waals surface area contributed by atoms with E-state index in [-0.39, 0.29) is 0 Å². The summed E-state index contributed by atoms with van der Waals surface area (Å²) in [6.45, 7) is 8.91. The predicted molar refractivity (Wildman–Crippen MR) is 243 cm³/mol. The predicted octanol–water partition coefficient (Wildman–Crippen LogP) is 13.7. The number of aryl methyl sites for hydroxylation is 4. The Morgan fingerprint density at radius 3 is 1.63 bits per heavy atom. The van der Waals surface area contributed by atoms with E-state index >= 15 is 0 Å². The fourth-order valence-electron chi connectivity index (χ4n) is 9.79. The molecule has 0 radical (unpaired) electrons. The van der Waals surface area contributed by atoms with Gasteiger partial charge in [-0.15, -0.1) is 0 Å². The van der Waals surface area contributed by atoms with Crippen molar-refractivity contribution in [3.8, 4) is 33.8 Å². The van der Waals surface area contributed by atoms with Gasteiger partial charge in [-0.3, -0.25) is 13.8 Å². The quantitative estimate of drug-likeness (QED) is 0.168. The van der Waals surface area contributed by atoms with Crippen molar-refractivity contribution in [2.24, 2.45) is 0 Å². The van der Waals surface area contributed by atoms with E-state index in [1.54, 1.807) is 0 Å². The molecule has 7 aromatic carbocycles. The maximum atomic E-state index is 6.85. The monoisotopic (exact) mass is 759 g/mol. The highest BCUT2D eigenvalue weighted by atomic mass is 16.5. The summed E-state index contributed by atoms with van der Waals surface area (Å²) in [5, 5.41) is 6.50. The number of imidazole rings is 2. The minimum atomic E-state index is 0.730. The van der Waals surface area contributed by atoms with Gasteiger partial charge in [0.25, 0.3) is 0 Å². The topological polar surface area (TPSA) is 56.7 Å². The van der Waals surface area contributed by atoms with Crippen molar-refractivity contribution in [3.63, 3.8) is 0 Å². The van der Waals surface area contributed by atoms with Crippen LogP contribution in [0.5, 0.6) is 11.5 Å². The number of pyridine rings is 3. The van der Waals surface area contributed by atoms with Crippen molar-refractivity contribution in [1.29, 1.82) is 0 Å². The molecule has 0 fully saturated rings. The number of benzene rings is 7. The van der Waals surface area contributed by atoms with Crippen molar-refractivity contribution in [1.82, 2.24) is 23.8 Å². The van der Waals surface area contributed by atoms with Crippen molar-refractivity contribution >= 4 is 76.7 Å². The minimum absolute atomic E-state index is 0.730. The molecule has 0 spiro atoms. The Morgan fingerprint density at radius 1 is 0.424 bits per heavy atom. The van der Waals surface area contributed by atoms with Crippen LogP contribution in [0.4, 0.5) is 0 Å². The van der Waals surface area contributed by atoms with E-state index in [2.05, 4.69) is 169 Å². The van der Waals surface area contributed by atoms with Gasteiger partial charge in [0.05, 0.1) is 33.1 Å². The van der Waals surface area contributed by atoms with Crippen LogP contribution in [0.1, 0.15) is 22.3 Å². The van der Waals surface area contributed by atoms with Gasteiger partial charge in [-0.2, -0.15) is 0 Å². The third-order valence-corrected chi connectivity index (χ3v) is 12.3. The van der Waals surface area contributed by atoms with Gasteiger partial charge in [0.2, 0.25) is 0 Å². The zero-order valence-electron chi connectivity index (χ0n) is 33.1. The molecule has 0 aliphatic carbocycles. The van der Waals surface area contributed by atoms with Crippen LogP contribution in [0.2, 0.25) is 0 Å². The van der Waals surface area contributed by atoms with Crippen LogP contribution < -0.4 is 4.74 Å². The molecule has 0 saturated carbocycles. The minimum Gasteiger partial charge on any atom is -0.457 e. The van der Waals surface area contributed by atoms with Crippen LogP contribution in [0.25, 0.3) is 99.0 Å². The standard InChI is InChI=1S/C53H37N5O/c1-30-11-9-12-31(2)48(30)38-23-24-47-50(51(38)49-32(3)13-10-14-33(49)4)37-22-20-35(28-40(37)53-56-43-16-6-8-18-46(43)58(47)53)59-34-19-21-36-39(27-34)52-55-42-15-5-7-17-45(42)57(52)44-25-26-54-29-41(36)44/h5-29H,1-4H3. The zero-order chi connectivity index (χ0) is 39.5. The third kappa shape index (κ3) is 4.83. The van der Waals surface area contributed by atoms with Gasteiger partial charge < -0.3 is 4.74 Å². The third-order valence-electron chi connectivity index (χ3n) is 12.3. The summed E-state index contributed by atoms with van der Waals surface area (Å²) in [4.78, 5) is 14.9. The molecule has 0 aliphatic heterocycles. The lowest BCUT2D eigenvalue weighted by Crippen LogP contribution is -2.00. The van der Waals surface area contributed by atoms with Crippen molar-refractivity contribution < 1.29 is 4.74 Å². The van der Waals surface area contributed by atoms with Gasteiger partial charge in [0.1, 0.15) is 22.8 Å². The van der Waals surface area contributed by atoms with E-state index in [4.69, 9.17) is 14.7 Å². The first-order valence-electron chi connectivity index (χ1n) is 20.1. The summed E-state index contributed by atoms with van der Waals surface area (Å²) in [6, 6.07) is 49.5. The summed E-state index contributed by atoms with van der Waals surface area (Å²) >= 11 is 0. The highest BCUT2D eigenvalue weighted by Gasteiger charge is 2.24. The number of aromatic nitrogens is 5. The molecule has 280 valence electrons. The second-order valence-corrected chi connectivity index (χ2v) is 15.8. The molecule has 5 aromatic heterocycles. The number of ether oxygens (including phenoxy) is 1. The normalized spacial score (nSPS) is 12.1. The lowest BCUT2D eigenvalue weighted by atomic mass is 9.83. The molecular formula is C53H37N5O. The number of nitrogens with zero attached hydrogens (tertiary/aromatic N) is 5. The Bertz CT molecular complexity index is 3720. The van der Waals surface area contributed by atoms with Crippen LogP contribution in [0, 0.1) is 27.7 Å². The molecule has 0 unspecified atom stereocenters. The summed E-state index contributed by atoms with van der Waals surface area (Å²) in [5.41, 5.74) is 18.0. The Morgan fingerprint density at radius 2 is 0.983 bits per heavy atom. The number of para-hydroxylation sites is 4. The Hall–Kier alpha value is -7.57. The Balaban J connectivity index is 1.14. The molecule has 12 rings (SSSR count). The van der Waals surface area contributed by atoms with E-state index in [9.17, 15) is 0 Å². The molecule has 0 aliphatic rings. The van der Waals surface area contributed by atoms with Gasteiger partial charge in [0.15, 0.2) is 0 Å². The maximum Gasteiger partial charge on any atom is 0.146 e. The largest absolute Gasteiger partial charge is 0.457 e. The summed E-state index contributed by atoms with van der Waals surface area (Å²) in [5.74, 6) is 1.46. The molecule has 0 saturated heterocycles. The van der Waals surface area contributed by atoms with Gasteiger partial charge in [-0.1, -0.05) is 66.7 Å². The Kier molecular flexibility index (Phi) is 7.09. The van der Waals surface area contributed by atoms with E-state index < -0.39 is 0 Å². The second-order valence-electron chi connectivity index (χ2n) is 15.8. The van der Waals surface area contributed by atoms with E-state index in [0.29, 0.717) is 0 Å². The van der Waals surface area contributed by atoms with Crippen molar-refractivity contribution in [3.05, 3.63) is 174 Å². The molecule has 12 aromatic rings. The summed E-state index contributed by atoms with van der Waals surface area (Å²) in [6.07, 6.45) is 3.79. The number of fused-ring (bicyclic) bond motifs is 16. The Labute approximate surface area is 339 Å². The molecular weight excluding hydrogens is 723 g/mol. The molecule has 59 heavy (non-hydrogen) atoms. The first-order chi connectivity index (χ1) is 28.9. The zero-order valence-corrected chi connectivity index (χ0v) is 33.1. The van der Waals surface area contributed by atoms with Crippen LogP contribution in [-0.4, -0.2) is 23.8 Å². The van der Waals surface area contributed by atoms with Crippen LogP contribution in [0.15, 0.2) is 152 Å². The number of hydrogen-bond acceptors (Lipinski definition) is 4. The molecule has 6 nitrogen and oxygen atoms in total. The second kappa shape index (κ2) is 12.5. The number of rotatable bonds is 4. The average Bonchev–Trinajstić information content (AvgIpc) is 3.84. The highest BCUT2D eigenvalue weighted by Crippen LogP contribution is 2.47. The molecule has 5 heterocycles. The lowest BCUT2D eigenvalue weighted by Gasteiger charge is -2.22. The first kappa shape index (κ1) is 33.6. The number of hydrogen-bond donors (Lipinski definition) is 0. The summed E-state index contributed by atoms with van der Waals surface area (Å²) < 4.78 is 11.4. The van der Waals surface area contributed by atoms with E-state index in [0.717, 1.165) is 82.8 Å². The molecule has 0 bridgehead atoms. The molecule has 6 heteroatoms. The maximum absolute atomic E-state index is 6.85. The van der Waals surface area contributed by atoms with Gasteiger partial charge in [-0.05, 0) is 150 Å². The van der Waals surface area contributed by atoms with Crippen molar-refractivity contribution in [2.45, 2.75) is 27.7 Å². The molecule has 0 N–H and O–H groups in total. The van der Waals surface area contributed by atoms with Crippen LogP contribution in [0.3, 0.4) is 0 Å². The van der Waals surface area contributed by atoms with Gasteiger partial charge in [0, 0.05) is 39.5 Å². The van der Waals surface area contributed by atoms with Gasteiger partial charge in [-0.25, -0.2) is 9.97 Å². The SMILES string of the molecule is Cc1cccc(C)c1-c1ccc2c(c1-c1c(C)cccc1C)c1ccc(Oc3ccc4c5cnccc5n5c6ccccc6nc5c4c3)cc1c1nc3ccccc3n21.